The lowest BCUT2D eigenvalue weighted by molar-refractivity contribution is 0.288. The third-order valence-electron chi connectivity index (χ3n) is 3.72. The highest BCUT2D eigenvalue weighted by Gasteiger charge is 2.28. The topological polar surface area (TPSA) is 64.9 Å². The van der Waals surface area contributed by atoms with Crippen molar-refractivity contribution in [1.82, 2.24) is 10.1 Å². The van der Waals surface area contributed by atoms with Gasteiger partial charge in [-0.05, 0) is 24.7 Å². The third kappa shape index (κ3) is 3.55. The number of nitrogens with two attached hydrogens (primary N) is 1. The minimum absolute atomic E-state index is 0.190. The number of aryl methyl sites for hydroxylation is 1. The number of nitrogens with zero attached hydrogens (tertiary/aromatic N) is 2. The molecule has 0 saturated heterocycles. The van der Waals surface area contributed by atoms with E-state index in [0.717, 1.165) is 37.4 Å². The molecule has 0 aromatic carbocycles. The van der Waals surface area contributed by atoms with Crippen molar-refractivity contribution >= 4 is 0 Å². The molecule has 1 aromatic heterocycles. The van der Waals surface area contributed by atoms with Crippen molar-refractivity contribution in [3.8, 4) is 0 Å². The summed E-state index contributed by atoms with van der Waals surface area (Å²) >= 11 is 0. The summed E-state index contributed by atoms with van der Waals surface area (Å²) in [6.07, 6.45) is 6.56. The first-order chi connectivity index (χ1) is 8.46. The first-order valence-corrected chi connectivity index (χ1v) is 7.04. The van der Waals surface area contributed by atoms with Crippen LogP contribution in [0.5, 0.6) is 0 Å². The van der Waals surface area contributed by atoms with Gasteiger partial charge in [-0.25, -0.2) is 0 Å². The second kappa shape index (κ2) is 5.39. The predicted molar refractivity (Wildman–Crippen MR) is 71.3 cm³/mol. The quantitative estimate of drug-likeness (QED) is 0.896. The fourth-order valence-corrected chi connectivity index (χ4v) is 2.47. The molecular formula is C14H25N3O. The molecule has 0 radical (unpaired) electrons. The largest absolute Gasteiger partial charge is 0.339 e. The second-order valence-corrected chi connectivity index (χ2v) is 6.66. The van der Waals surface area contributed by atoms with Gasteiger partial charge in [0.2, 0.25) is 5.89 Å². The molecule has 2 atom stereocenters. The van der Waals surface area contributed by atoms with Gasteiger partial charge in [0.15, 0.2) is 5.82 Å². The smallest absolute Gasteiger partial charge is 0.231 e. The summed E-state index contributed by atoms with van der Waals surface area (Å²) in [6.45, 7) is 6.68. The van der Waals surface area contributed by atoms with Gasteiger partial charge in [-0.15, -0.1) is 0 Å². The Hall–Kier alpha value is -0.900. The van der Waals surface area contributed by atoms with E-state index in [9.17, 15) is 0 Å². The van der Waals surface area contributed by atoms with Crippen LogP contribution >= 0.6 is 0 Å². The summed E-state index contributed by atoms with van der Waals surface area (Å²) in [5.74, 6) is 1.86. The summed E-state index contributed by atoms with van der Waals surface area (Å²) in [7, 11) is 0. The van der Waals surface area contributed by atoms with Crippen LogP contribution < -0.4 is 5.73 Å². The Morgan fingerprint density at radius 2 is 2.00 bits per heavy atom. The van der Waals surface area contributed by atoms with E-state index in [-0.39, 0.29) is 12.0 Å². The van der Waals surface area contributed by atoms with Crippen molar-refractivity contribution in [2.75, 3.05) is 0 Å². The minimum atomic E-state index is 0.190. The van der Waals surface area contributed by atoms with E-state index >= 15 is 0 Å². The summed E-state index contributed by atoms with van der Waals surface area (Å²) < 4.78 is 5.40. The third-order valence-corrected chi connectivity index (χ3v) is 3.72. The molecule has 18 heavy (non-hydrogen) atoms. The molecule has 1 saturated carbocycles. The van der Waals surface area contributed by atoms with Crippen LogP contribution in [0.3, 0.4) is 0 Å². The number of hydrogen-bond acceptors (Lipinski definition) is 4. The van der Waals surface area contributed by atoms with E-state index in [4.69, 9.17) is 10.3 Å². The molecule has 2 unspecified atom stereocenters. The fraction of sp³-hybridized carbons (Fsp3) is 0.857. The maximum absolute atomic E-state index is 6.14. The van der Waals surface area contributed by atoms with Crippen molar-refractivity contribution in [1.29, 1.82) is 0 Å². The minimum Gasteiger partial charge on any atom is -0.339 e. The molecule has 1 fully saturated rings. The molecule has 0 amide bonds. The molecule has 4 nitrogen and oxygen atoms in total. The van der Waals surface area contributed by atoms with Gasteiger partial charge in [0.1, 0.15) is 0 Å². The number of hydrogen-bond donors (Lipinski definition) is 1. The van der Waals surface area contributed by atoms with E-state index < -0.39 is 0 Å². The van der Waals surface area contributed by atoms with Crippen LogP contribution in [-0.2, 0) is 6.42 Å². The van der Waals surface area contributed by atoms with Crippen LogP contribution in [0.15, 0.2) is 4.52 Å². The van der Waals surface area contributed by atoms with Crippen molar-refractivity contribution in [2.45, 2.75) is 71.3 Å². The molecular weight excluding hydrogens is 226 g/mol. The predicted octanol–water partition coefficient (Wildman–Crippen LogP) is 3.03. The standard InChI is InChI=1S/C14H25N3O/c1-14(2,3)9-8-12-16-13(18-17-12)10-6-4-5-7-11(10)15/h10-11H,4-9,15H2,1-3H3. The van der Waals surface area contributed by atoms with Gasteiger partial charge >= 0.3 is 0 Å². The Labute approximate surface area is 109 Å². The van der Waals surface area contributed by atoms with Crippen LogP contribution in [0.25, 0.3) is 0 Å². The Balaban J connectivity index is 1.97. The van der Waals surface area contributed by atoms with Crippen molar-refractivity contribution in [2.24, 2.45) is 11.1 Å². The summed E-state index contributed by atoms with van der Waals surface area (Å²) in [5.41, 5.74) is 6.44. The first kappa shape index (κ1) is 13.5. The molecule has 2 N–H and O–H groups in total. The Bertz CT molecular complexity index is 381. The zero-order valence-electron chi connectivity index (χ0n) is 11.8. The number of rotatable bonds is 3. The molecule has 1 aliphatic rings. The molecule has 4 heteroatoms. The average Bonchev–Trinajstić information content (AvgIpc) is 2.75. The maximum atomic E-state index is 6.14. The van der Waals surface area contributed by atoms with Crippen LogP contribution in [-0.4, -0.2) is 16.2 Å². The van der Waals surface area contributed by atoms with Crippen LogP contribution in [0.1, 0.15) is 70.5 Å². The zero-order chi connectivity index (χ0) is 13.2. The van der Waals surface area contributed by atoms with E-state index in [0.29, 0.717) is 5.41 Å². The van der Waals surface area contributed by atoms with Gasteiger partial charge in [-0.2, -0.15) is 4.98 Å². The molecule has 0 spiro atoms. The monoisotopic (exact) mass is 251 g/mol. The summed E-state index contributed by atoms with van der Waals surface area (Å²) in [6, 6.07) is 0.190. The van der Waals surface area contributed by atoms with E-state index in [1.165, 1.54) is 12.8 Å². The fourth-order valence-electron chi connectivity index (χ4n) is 2.47. The Morgan fingerprint density at radius 1 is 1.28 bits per heavy atom. The van der Waals surface area contributed by atoms with Gasteiger partial charge in [0.05, 0.1) is 5.92 Å². The molecule has 0 aliphatic heterocycles. The second-order valence-electron chi connectivity index (χ2n) is 6.66. The van der Waals surface area contributed by atoms with Gasteiger partial charge < -0.3 is 10.3 Å². The molecule has 1 aliphatic carbocycles. The lowest BCUT2D eigenvalue weighted by atomic mass is 9.85. The van der Waals surface area contributed by atoms with Crippen molar-refractivity contribution in [3.63, 3.8) is 0 Å². The molecule has 1 heterocycles. The molecule has 2 rings (SSSR count). The first-order valence-electron chi connectivity index (χ1n) is 7.04. The van der Waals surface area contributed by atoms with Crippen LogP contribution in [0, 0.1) is 5.41 Å². The zero-order valence-corrected chi connectivity index (χ0v) is 11.8. The highest BCUT2D eigenvalue weighted by atomic mass is 16.5. The van der Waals surface area contributed by atoms with Gasteiger partial charge in [0.25, 0.3) is 0 Å². The normalized spacial score (nSPS) is 25.3. The van der Waals surface area contributed by atoms with Crippen LogP contribution in [0.4, 0.5) is 0 Å². The summed E-state index contributed by atoms with van der Waals surface area (Å²) in [4.78, 5) is 4.53. The number of aromatic nitrogens is 2. The Morgan fingerprint density at radius 3 is 2.67 bits per heavy atom. The van der Waals surface area contributed by atoms with E-state index in [2.05, 4.69) is 30.9 Å². The van der Waals surface area contributed by atoms with E-state index in [1.807, 2.05) is 0 Å². The van der Waals surface area contributed by atoms with Crippen molar-refractivity contribution in [3.05, 3.63) is 11.7 Å². The average molecular weight is 251 g/mol. The Kier molecular flexibility index (Phi) is 4.05. The maximum Gasteiger partial charge on any atom is 0.231 e. The molecule has 0 bridgehead atoms. The van der Waals surface area contributed by atoms with Crippen molar-refractivity contribution < 1.29 is 4.52 Å². The van der Waals surface area contributed by atoms with Gasteiger partial charge in [0, 0.05) is 12.5 Å². The molecule has 102 valence electrons. The lowest BCUT2D eigenvalue weighted by Gasteiger charge is -2.25. The van der Waals surface area contributed by atoms with E-state index in [1.54, 1.807) is 0 Å². The van der Waals surface area contributed by atoms with Crippen LogP contribution in [0.2, 0.25) is 0 Å². The lowest BCUT2D eigenvalue weighted by Crippen LogP contribution is -2.31. The van der Waals surface area contributed by atoms with Gasteiger partial charge in [-0.3, -0.25) is 0 Å². The van der Waals surface area contributed by atoms with Gasteiger partial charge in [-0.1, -0.05) is 38.8 Å². The SMILES string of the molecule is CC(C)(C)CCc1noc(C2CCCCC2N)n1. The molecule has 1 aromatic rings. The highest BCUT2D eigenvalue weighted by molar-refractivity contribution is 5.00. The highest BCUT2D eigenvalue weighted by Crippen LogP contribution is 2.31. The summed E-state index contributed by atoms with van der Waals surface area (Å²) in [5, 5.41) is 4.09.